The lowest BCUT2D eigenvalue weighted by Gasteiger charge is -2.11. The maximum absolute atomic E-state index is 12.7. The van der Waals surface area contributed by atoms with E-state index in [1.54, 1.807) is 0 Å². The second-order valence-corrected chi connectivity index (χ2v) is 5.79. The monoisotopic (exact) mass is 319 g/mol. The summed E-state index contributed by atoms with van der Waals surface area (Å²) in [7, 11) is 0. The van der Waals surface area contributed by atoms with Crippen LogP contribution in [0.2, 0.25) is 0 Å². The number of rotatable bonds is 6. The van der Waals surface area contributed by atoms with E-state index in [0.29, 0.717) is 13.2 Å². The molecule has 1 heterocycles. The number of ether oxygens (including phenoxy) is 1. The van der Waals surface area contributed by atoms with Gasteiger partial charge >= 0.3 is 0 Å². The first kappa shape index (κ1) is 16.1. The fraction of sp³-hybridized carbons (Fsp3) is 0.190. The average molecular weight is 319 g/mol. The Bertz CT molecular complexity index is 820. The quantitative estimate of drug-likeness (QED) is 0.630. The van der Waals surface area contributed by atoms with E-state index in [4.69, 9.17) is 4.74 Å². The van der Waals surface area contributed by atoms with Gasteiger partial charge in [-0.1, -0.05) is 48.5 Å². The summed E-state index contributed by atoms with van der Waals surface area (Å²) in [6, 6.07) is 21.1. The maximum Gasteiger partial charge on any atom is 0.194 e. The van der Waals surface area contributed by atoms with Crippen molar-refractivity contribution in [2.45, 2.75) is 20.4 Å². The molecule has 0 amide bonds. The SMILES string of the molecule is Cc1cc(C(=O)c2ccccc2)c(C)n1CCOc1ccccc1. The molecule has 0 aliphatic carbocycles. The third-order valence-corrected chi connectivity index (χ3v) is 4.18. The molecule has 3 heteroatoms. The minimum absolute atomic E-state index is 0.0685. The van der Waals surface area contributed by atoms with Crippen molar-refractivity contribution in [1.82, 2.24) is 4.57 Å². The van der Waals surface area contributed by atoms with E-state index in [-0.39, 0.29) is 5.78 Å². The second kappa shape index (κ2) is 7.18. The third kappa shape index (κ3) is 3.40. The average Bonchev–Trinajstić information content (AvgIpc) is 2.91. The molecule has 122 valence electrons. The van der Waals surface area contributed by atoms with Crippen LogP contribution in [0.1, 0.15) is 27.3 Å². The topological polar surface area (TPSA) is 31.2 Å². The molecule has 0 N–H and O–H groups in total. The summed E-state index contributed by atoms with van der Waals surface area (Å²) in [4.78, 5) is 12.7. The number of aryl methyl sites for hydroxylation is 1. The van der Waals surface area contributed by atoms with Crippen molar-refractivity contribution < 1.29 is 9.53 Å². The zero-order valence-electron chi connectivity index (χ0n) is 14.0. The van der Waals surface area contributed by atoms with Gasteiger partial charge in [0.2, 0.25) is 0 Å². The molecule has 2 aromatic carbocycles. The van der Waals surface area contributed by atoms with E-state index >= 15 is 0 Å². The van der Waals surface area contributed by atoms with E-state index in [2.05, 4.69) is 4.57 Å². The molecule has 3 aromatic rings. The molecular weight excluding hydrogens is 298 g/mol. The minimum atomic E-state index is 0.0685. The van der Waals surface area contributed by atoms with Crippen LogP contribution in [0.4, 0.5) is 0 Å². The van der Waals surface area contributed by atoms with Crippen molar-refractivity contribution in [1.29, 1.82) is 0 Å². The zero-order chi connectivity index (χ0) is 16.9. The van der Waals surface area contributed by atoms with Gasteiger partial charge in [-0.2, -0.15) is 0 Å². The molecule has 0 radical (unpaired) electrons. The Morgan fingerprint density at radius 2 is 1.58 bits per heavy atom. The van der Waals surface area contributed by atoms with Crippen molar-refractivity contribution in [3.05, 3.63) is 89.2 Å². The predicted octanol–water partition coefficient (Wildman–Crippen LogP) is 4.41. The number of nitrogens with zero attached hydrogens (tertiary/aromatic N) is 1. The zero-order valence-corrected chi connectivity index (χ0v) is 14.0. The molecule has 0 fully saturated rings. The molecule has 0 bridgehead atoms. The lowest BCUT2D eigenvalue weighted by atomic mass is 10.0. The first-order valence-electron chi connectivity index (χ1n) is 8.11. The highest BCUT2D eigenvalue weighted by Gasteiger charge is 2.16. The molecule has 0 aliphatic rings. The largest absolute Gasteiger partial charge is 0.492 e. The van der Waals surface area contributed by atoms with Gasteiger partial charge in [-0.15, -0.1) is 0 Å². The number of hydrogen-bond donors (Lipinski definition) is 0. The van der Waals surface area contributed by atoms with Crippen LogP contribution in [0.3, 0.4) is 0 Å². The van der Waals surface area contributed by atoms with Gasteiger partial charge in [-0.05, 0) is 32.0 Å². The number of ketones is 1. The van der Waals surface area contributed by atoms with Gasteiger partial charge in [0, 0.05) is 22.5 Å². The number of carbonyl (C=O) groups is 1. The van der Waals surface area contributed by atoms with Crippen molar-refractivity contribution in [3.63, 3.8) is 0 Å². The Hall–Kier alpha value is -2.81. The summed E-state index contributed by atoms with van der Waals surface area (Å²) >= 11 is 0. The predicted molar refractivity (Wildman–Crippen MR) is 95.7 cm³/mol. The number of hydrogen-bond acceptors (Lipinski definition) is 2. The van der Waals surface area contributed by atoms with Crippen LogP contribution in [0.5, 0.6) is 5.75 Å². The third-order valence-electron chi connectivity index (χ3n) is 4.18. The van der Waals surface area contributed by atoms with Crippen LogP contribution in [-0.4, -0.2) is 17.0 Å². The normalized spacial score (nSPS) is 10.6. The highest BCUT2D eigenvalue weighted by atomic mass is 16.5. The van der Waals surface area contributed by atoms with E-state index in [1.807, 2.05) is 80.6 Å². The highest BCUT2D eigenvalue weighted by molar-refractivity contribution is 6.09. The summed E-state index contributed by atoms with van der Waals surface area (Å²) in [5, 5.41) is 0. The molecule has 3 rings (SSSR count). The minimum Gasteiger partial charge on any atom is -0.492 e. The van der Waals surface area contributed by atoms with E-state index < -0.39 is 0 Å². The highest BCUT2D eigenvalue weighted by Crippen LogP contribution is 2.19. The van der Waals surface area contributed by atoms with E-state index in [9.17, 15) is 4.79 Å². The standard InChI is InChI=1S/C21H21NO2/c1-16-15-20(21(23)18-9-5-3-6-10-18)17(2)22(16)13-14-24-19-11-7-4-8-12-19/h3-12,15H,13-14H2,1-2H3. The van der Waals surface area contributed by atoms with Crippen molar-refractivity contribution in [3.8, 4) is 5.75 Å². The number of aromatic nitrogens is 1. The smallest absolute Gasteiger partial charge is 0.194 e. The van der Waals surface area contributed by atoms with Crippen LogP contribution in [0.25, 0.3) is 0 Å². The van der Waals surface area contributed by atoms with Crippen molar-refractivity contribution >= 4 is 5.78 Å². The van der Waals surface area contributed by atoms with Gasteiger partial charge < -0.3 is 9.30 Å². The Labute approximate surface area is 142 Å². The van der Waals surface area contributed by atoms with Crippen LogP contribution < -0.4 is 4.74 Å². The maximum atomic E-state index is 12.7. The summed E-state index contributed by atoms with van der Waals surface area (Å²) in [6.07, 6.45) is 0. The van der Waals surface area contributed by atoms with Gasteiger partial charge in [-0.3, -0.25) is 4.79 Å². The van der Waals surface area contributed by atoms with Crippen molar-refractivity contribution in [2.24, 2.45) is 0 Å². The molecule has 0 unspecified atom stereocenters. The Kier molecular flexibility index (Phi) is 4.80. The fourth-order valence-corrected chi connectivity index (χ4v) is 2.89. The van der Waals surface area contributed by atoms with Crippen LogP contribution in [0.15, 0.2) is 66.7 Å². The summed E-state index contributed by atoms with van der Waals surface area (Å²) in [6.45, 7) is 5.30. The van der Waals surface area contributed by atoms with Crippen LogP contribution in [-0.2, 0) is 6.54 Å². The molecule has 0 spiro atoms. The molecule has 24 heavy (non-hydrogen) atoms. The van der Waals surface area contributed by atoms with Gasteiger partial charge in [-0.25, -0.2) is 0 Å². The number of carbonyl (C=O) groups excluding carboxylic acids is 1. The van der Waals surface area contributed by atoms with Gasteiger partial charge in [0.25, 0.3) is 0 Å². The summed E-state index contributed by atoms with van der Waals surface area (Å²) in [5.41, 5.74) is 3.54. The second-order valence-electron chi connectivity index (χ2n) is 5.79. The molecule has 0 saturated carbocycles. The molecule has 3 nitrogen and oxygen atoms in total. The van der Waals surface area contributed by atoms with Gasteiger partial charge in [0.1, 0.15) is 12.4 Å². The summed E-state index contributed by atoms with van der Waals surface area (Å²) < 4.78 is 7.91. The molecule has 0 atom stereocenters. The number of benzene rings is 2. The van der Waals surface area contributed by atoms with E-state index in [0.717, 1.165) is 28.3 Å². The van der Waals surface area contributed by atoms with Crippen LogP contribution in [0, 0.1) is 13.8 Å². The Morgan fingerprint density at radius 1 is 0.958 bits per heavy atom. The molecule has 1 aromatic heterocycles. The lowest BCUT2D eigenvalue weighted by molar-refractivity contribution is 0.103. The molecular formula is C21H21NO2. The Balaban J connectivity index is 1.73. The molecule has 0 saturated heterocycles. The molecule has 0 aliphatic heterocycles. The fourth-order valence-electron chi connectivity index (χ4n) is 2.89. The summed E-state index contributed by atoms with van der Waals surface area (Å²) in [5.74, 6) is 0.930. The van der Waals surface area contributed by atoms with E-state index in [1.165, 1.54) is 0 Å². The first-order chi connectivity index (χ1) is 11.7. The van der Waals surface area contributed by atoms with Crippen molar-refractivity contribution in [2.75, 3.05) is 6.61 Å². The Morgan fingerprint density at radius 3 is 2.25 bits per heavy atom. The van der Waals surface area contributed by atoms with Gasteiger partial charge in [0.15, 0.2) is 5.78 Å². The number of para-hydroxylation sites is 1. The first-order valence-corrected chi connectivity index (χ1v) is 8.11. The van der Waals surface area contributed by atoms with Crippen LogP contribution >= 0.6 is 0 Å². The van der Waals surface area contributed by atoms with Gasteiger partial charge in [0.05, 0.1) is 6.54 Å². The lowest BCUT2D eigenvalue weighted by Crippen LogP contribution is -2.11.